The second kappa shape index (κ2) is 8.79. The molecular weight excluding hydrogens is 398 g/mol. The number of nitrogens with zero attached hydrogens (tertiary/aromatic N) is 1. The molecular formula is C23H29N3O3S. The molecule has 160 valence electrons. The molecule has 0 radical (unpaired) electrons. The number of rotatable bonds is 9. The minimum absolute atomic E-state index is 0.325. The Balaban J connectivity index is 1.56. The largest absolute Gasteiger partial charge is 0.496 e. The number of aromatic nitrogens is 1. The molecule has 0 bridgehead atoms. The average Bonchev–Trinajstić information content (AvgIpc) is 3.15. The summed E-state index contributed by atoms with van der Waals surface area (Å²) in [7, 11) is -1.43. The van der Waals surface area contributed by atoms with Crippen LogP contribution in [-0.4, -0.2) is 50.8 Å². The van der Waals surface area contributed by atoms with Crippen LogP contribution in [0.5, 0.6) is 5.75 Å². The van der Waals surface area contributed by atoms with Gasteiger partial charge in [0.15, 0.2) is 0 Å². The fourth-order valence-corrected chi connectivity index (χ4v) is 4.99. The first-order valence-corrected chi connectivity index (χ1v) is 12.2. The maximum atomic E-state index is 11.4. The van der Waals surface area contributed by atoms with Crippen molar-refractivity contribution in [3.8, 4) is 5.75 Å². The van der Waals surface area contributed by atoms with E-state index in [2.05, 4.69) is 51.1 Å². The van der Waals surface area contributed by atoms with Crippen molar-refractivity contribution in [2.75, 3.05) is 26.5 Å². The van der Waals surface area contributed by atoms with Crippen LogP contribution in [0.15, 0.2) is 48.7 Å². The van der Waals surface area contributed by atoms with Crippen LogP contribution in [0.3, 0.4) is 0 Å². The summed E-state index contributed by atoms with van der Waals surface area (Å²) in [6.45, 7) is 2.10. The first kappa shape index (κ1) is 20.9. The number of benzene rings is 2. The van der Waals surface area contributed by atoms with Crippen LogP contribution >= 0.6 is 0 Å². The summed E-state index contributed by atoms with van der Waals surface area (Å²) in [5.74, 6) is 0.937. The Bertz CT molecular complexity index is 1110. The fraction of sp³-hybridized carbons (Fsp3) is 0.391. The van der Waals surface area contributed by atoms with Gasteiger partial charge in [0.05, 0.1) is 13.4 Å². The molecule has 1 unspecified atom stereocenters. The highest BCUT2D eigenvalue weighted by atomic mass is 32.2. The van der Waals surface area contributed by atoms with Gasteiger partial charge in [0, 0.05) is 48.3 Å². The predicted molar refractivity (Wildman–Crippen MR) is 120 cm³/mol. The third-order valence-electron chi connectivity index (χ3n) is 5.84. The zero-order valence-corrected chi connectivity index (χ0v) is 18.3. The Morgan fingerprint density at radius 1 is 1.17 bits per heavy atom. The first-order valence-electron chi connectivity index (χ1n) is 10.3. The van der Waals surface area contributed by atoms with E-state index in [1.807, 2.05) is 12.1 Å². The van der Waals surface area contributed by atoms with Crippen LogP contribution in [-0.2, 0) is 29.4 Å². The Labute approximate surface area is 178 Å². The number of ether oxygens (including phenoxy) is 1. The Morgan fingerprint density at radius 3 is 2.70 bits per heavy atom. The van der Waals surface area contributed by atoms with Gasteiger partial charge < -0.3 is 9.72 Å². The zero-order chi connectivity index (χ0) is 21.1. The van der Waals surface area contributed by atoms with Gasteiger partial charge in [-0.1, -0.05) is 30.3 Å². The van der Waals surface area contributed by atoms with Crippen molar-refractivity contribution in [3.63, 3.8) is 0 Å². The van der Waals surface area contributed by atoms with Gasteiger partial charge in [-0.15, -0.1) is 0 Å². The third-order valence-corrected chi connectivity index (χ3v) is 6.57. The molecule has 1 aromatic heterocycles. The van der Waals surface area contributed by atoms with Gasteiger partial charge in [0.1, 0.15) is 5.75 Å². The predicted octanol–water partition coefficient (Wildman–Crippen LogP) is 3.09. The van der Waals surface area contributed by atoms with E-state index in [1.165, 1.54) is 28.3 Å². The SMILES string of the molecule is COc1ccc2[nH]cc3c2c1CC(N(CCCNS(C)(=O)=O)Cc1ccccc1)C3. The summed E-state index contributed by atoms with van der Waals surface area (Å²) >= 11 is 0. The van der Waals surface area contributed by atoms with Gasteiger partial charge >= 0.3 is 0 Å². The highest BCUT2D eigenvalue weighted by molar-refractivity contribution is 7.88. The molecule has 6 nitrogen and oxygen atoms in total. The smallest absolute Gasteiger partial charge is 0.208 e. The molecule has 1 atom stereocenters. The normalized spacial score (nSPS) is 16.3. The number of aromatic amines is 1. The molecule has 0 aliphatic heterocycles. The van der Waals surface area contributed by atoms with Crippen molar-refractivity contribution < 1.29 is 13.2 Å². The van der Waals surface area contributed by atoms with Crippen LogP contribution in [0, 0.1) is 0 Å². The second-order valence-corrected chi connectivity index (χ2v) is 9.85. The Kier molecular flexibility index (Phi) is 6.13. The Hall–Kier alpha value is -2.35. The number of methoxy groups -OCH3 is 1. The fourth-order valence-electron chi connectivity index (χ4n) is 4.48. The van der Waals surface area contributed by atoms with Crippen molar-refractivity contribution in [2.24, 2.45) is 0 Å². The molecule has 0 saturated heterocycles. The van der Waals surface area contributed by atoms with Crippen molar-refractivity contribution in [1.29, 1.82) is 0 Å². The quantitative estimate of drug-likeness (QED) is 0.515. The molecule has 4 rings (SSSR count). The maximum Gasteiger partial charge on any atom is 0.208 e. The van der Waals surface area contributed by atoms with E-state index in [0.717, 1.165) is 43.6 Å². The molecule has 0 saturated carbocycles. The van der Waals surface area contributed by atoms with Gasteiger partial charge in [-0.25, -0.2) is 13.1 Å². The standard InChI is InChI=1S/C23H29N3O3S/c1-29-22-10-9-21-23-18(15-24-21)13-19(14-20(22)23)26(12-6-11-25-30(2,27)28)16-17-7-4-3-5-8-17/h3-5,7-10,15,19,24-25H,6,11-14,16H2,1-2H3. The van der Waals surface area contributed by atoms with Gasteiger partial charge in [-0.3, -0.25) is 4.90 Å². The highest BCUT2D eigenvalue weighted by Crippen LogP contribution is 2.37. The van der Waals surface area contributed by atoms with Crippen LogP contribution in [0.1, 0.15) is 23.1 Å². The summed E-state index contributed by atoms with van der Waals surface area (Å²) in [4.78, 5) is 5.88. The number of hydrogen-bond donors (Lipinski definition) is 2. The van der Waals surface area contributed by atoms with Gasteiger partial charge in [-0.2, -0.15) is 0 Å². The molecule has 0 fully saturated rings. The highest BCUT2D eigenvalue weighted by Gasteiger charge is 2.28. The molecule has 1 heterocycles. The lowest BCUT2D eigenvalue weighted by atomic mass is 9.87. The summed E-state index contributed by atoms with van der Waals surface area (Å²) in [5, 5.41) is 1.30. The van der Waals surface area contributed by atoms with Gasteiger partial charge in [0.2, 0.25) is 10.0 Å². The van der Waals surface area contributed by atoms with Gasteiger partial charge in [0.25, 0.3) is 0 Å². The number of sulfonamides is 1. The zero-order valence-electron chi connectivity index (χ0n) is 17.5. The maximum absolute atomic E-state index is 11.4. The van der Waals surface area contributed by atoms with E-state index in [9.17, 15) is 8.42 Å². The molecule has 7 heteroatoms. The van der Waals surface area contributed by atoms with E-state index in [0.29, 0.717) is 12.6 Å². The van der Waals surface area contributed by atoms with E-state index in [1.54, 1.807) is 7.11 Å². The molecule has 0 amide bonds. The topological polar surface area (TPSA) is 74.4 Å². The van der Waals surface area contributed by atoms with Crippen molar-refractivity contribution in [2.45, 2.75) is 31.8 Å². The second-order valence-electron chi connectivity index (χ2n) is 8.02. The van der Waals surface area contributed by atoms with Gasteiger partial charge in [-0.05, 0) is 42.5 Å². The monoisotopic (exact) mass is 427 g/mol. The Morgan fingerprint density at radius 2 is 1.97 bits per heavy atom. The minimum Gasteiger partial charge on any atom is -0.496 e. The molecule has 1 aliphatic rings. The van der Waals surface area contributed by atoms with Crippen LogP contribution < -0.4 is 9.46 Å². The summed E-state index contributed by atoms with van der Waals surface area (Å²) < 4.78 is 31.1. The van der Waals surface area contributed by atoms with E-state index in [4.69, 9.17) is 4.74 Å². The minimum atomic E-state index is -3.16. The molecule has 0 spiro atoms. The number of nitrogens with one attached hydrogen (secondary N) is 2. The third kappa shape index (κ3) is 4.69. The lowest BCUT2D eigenvalue weighted by molar-refractivity contribution is 0.180. The average molecular weight is 428 g/mol. The van der Waals surface area contributed by atoms with E-state index >= 15 is 0 Å². The summed E-state index contributed by atoms with van der Waals surface area (Å²) in [5.41, 5.74) is 5.00. The summed E-state index contributed by atoms with van der Waals surface area (Å²) in [6.07, 6.45) is 5.96. The molecule has 30 heavy (non-hydrogen) atoms. The van der Waals surface area contributed by atoms with Crippen molar-refractivity contribution in [3.05, 3.63) is 65.4 Å². The van der Waals surface area contributed by atoms with Crippen LogP contribution in [0.4, 0.5) is 0 Å². The number of H-pyrrole nitrogens is 1. The van der Waals surface area contributed by atoms with Crippen LogP contribution in [0.2, 0.25) is 0 Å². The molecule has 2 N–H and O–H groups in total. The number of hydrogen-bond acceptors (Lipinski definition) is 4. The lowest BCUT2D eigenvalue weighted by Crippen LogP contribution is -2.41. The summed E-state index contributed by atoms with van der Waals surface area (Å²) in [6, 6.07) is 14.9. The molecule has 1 aliphatic carbocycles. The first-order chi connectivity index (χ1) is 14.4. The van der Waals surface area contributed by atoms with E-state index in [-0.39, 0.29) is 0 Å². The van der Waals surface area contributed by atoms with Crippen molar-refractivity contribution in [1.82, 2.24) is 14.6 Å². The van der Waals surface area contributed by atoms with Crippen LogP contribution in [0.25, 0.3) is 10.9 Å². The van der Waals surface area contributed by atoms with Crippen molar-refractivity contribution >= 4 is 20.9 Å². The van der Waals surface area contributed by atoms with E-state index < -0.39 is 10.0 Å². The lowest BCUT2D eigenvalue weighted by Gasteiger charge is -2.35. The molecule has 2 aromatic carbocycles. The molecule has 3 aromatic rings.